The topological polar surface area (TPSA) is 62.0 Å². The highest BCUT2D eigenvalue weighted by molar-refractivity contribution is 5.90. The summed E-state index contributed by atoms with van der Waals surface area (Å²) >= 11 is 0. The van der Waals surface area contributed by atoms with Gasteiger partial charge in [0, 0.05) is 28.9 Å². The first kappa shape index (κ1) is 15.3. The molecule has 0 aliphatic carbocycles. The lowest BCUT2D eigenvalue weighted by atomic mass is 9.94. The SMILES string of the molecule is CC(=O)C(Cc1c[nH]c2ccccc12)NC(=O)C(C)(C)C. The van der Waals surface area contributed by atoms with Gasteiger partial charge in [-0.3, -0.25) is 9.59 Å². The molecule has 1 aromatic carbocycles. The van der Waals surface area contributed by atoms with Crippen LogP contribution in [0.1, 0.15) is 33.3 Å². The zero-order valence-electron chi connectivity index (χ0n) is 13.0. The Labute approximate surface area is 124 Å². The van der Waals surface area contributed by atoms with Crippen molar-refractivity contribution in [2.24, 2.45) is 5.41 Å². The molecule has 1 unspecified atom stereocenters. The predicted molar refractivity (Wildman–Crippen MR) is 84.1 cm³/mol. The quantitative estimate of drug-likeness (QED) is 0.908. The van der Waals surface area contributed by atoms with Crippen LogP contribution in [0.2, 0.25) is 0 Å². The van der Waals surface area contributed by atoms with E-state index in [-0.39, 0.29) is 11.7 Å². The largest absolute Gasteiger partial charge is 0.361 e. The molecule has 4 heteroatoms. The maximum atomic E-state index is 12.1. The van der Waals surface area contributed by atoms with Crippen LogP contribution in [0.4, 0.5) is 0 Å². The summed E-state index contributed by atoms with van der Waals surface area (Å²) in [6, 6.07) is 7.46. The average Bonchev–Trinajstić information content (AvgIpc) is 2.80. The number of para-hydroxylation sites is 1. The fourth-order valence-electron chi connectivity index (χ4n) is 2.19. The van der Waals surface area contributed by atoms with Crippen LogP contribution in [-0.2, 0) is 16.0 Å². The summed E-state index contributed by atoms with van der Waals surface area (Å²) in [7, 11) is 0. The molecular weight excluding hydrogens is 264 g/mol. The van der Waals surface area contributed by atoms with E-state index in [4.69, 9.17) is 0 Å². The lowest BCUT2D eigenvalue weighted by molar-refractivity contribution is -0.132. The standard InChI is InChI=1S/C17H22N2O2/c1-11(20)15(19-16(21)17(2,3)4)9-12-10-18-14-8-6-5-7-13(12)14/h5-8,10,15,18H,9H2,1-4H3,(H,19,21). The number of hydrogen-bond donors (Lipinski definition) is 2. The number of carbonyl (C=O) groups is 2. The number of fused-ring (bicyclic) bond motifs is 1. The van der Waals surface area contributed by atoms with Gasteiger partial charge in [0.05, 0.1) is 6.04 Å². The van der Waals surface area contributed by atoms with Crippen molar-refractivity contribution in [2.45, 2.75) is 40.2 Å². The van der Waals surface area contributed by atoms with E-state index >= 15 is 0 Å². The summed E-state index contributed by atoms with van der Waals surface area (Å²) in [5.41, 5.74) is 1.57. The number of H-pyrrole nitrogens is 1. The molecule has 0 spiro atoms. The smallest absolute Gasteiger partial charge is 0.225 e. The number of nitrogens with one attached hydrogen (secondary N) is 2. The average molecular weight is 286 g/mol. The van der Waals surface area contributed by atoms with Crippen LogP contribution in [-0.4, -0.2) is 22.7 Å². The third-order valence-electron chi connectivity index (χ3n) is 3.58. The highest BCUT2D eigenvalue weighted by Gasteiger charge is 2.26. The van der Waals surface area contributed by atoms with Crippen LogP contribution in [0.15, 0.2) is 30.5 Å². The maximum absolute atomic E-state index is 12.1. The minimum absolute atomic E-state index is 0.0297. The second-order valence-corrected chi connectivity index (χ2v) is 6.45. The van der Waals surface area contributed by atoms with Gasteiger partial charge in [-0.2, -0.15) is 0 Å². The van der Waals surface area contributed by atoms with E-state index in [0.29, 0.717) is 6.42 Å². The van der Waals surface area contributed by atoms with Crippen molar-refractivity contribution in [1.29, 1.82) is 0 Å². The van der Waals surface area contributed by atoms with Gasteiger partial charge in [0.1, 0.15) is 0 Å². The molecule has 1 atom stereocenters. The molecule has 0 aliphatic rings. The highest BCUT2D eigenvalue weighted by Crippen LogP contribution is 2.20. The Morgan fingerprint density at radius 3 is 2.52 bits per heavy atom. The number of carbonyl (C=O) groups excluding carboxylic acids is 2. The van der Waals surface area contributed by atoms with Crippen LogP contribution in [0.5, 0.6) is 0 Å². The number of hydrogen-bond acceptors (Lipinski definition) is 2. The second kappa shape index (κ2) is 5.72. The molecule has 1 heterocycles. The van der Waals surface area contributed by atoms with Crippen LogP contribution < -0.4 is 5.32 Å². The lowest BCUT2D eigenvalue weighted by Crippen LogP contribution is -2.46. The zero-order chi connectivity index (χ0) is 15.6. The van der Waals surface area contributed by atoms with E-state index in [1.807, 2.05) is 51.2 Å². The number of amides is 1. The Morgan fingerprint density at radius 2 is 1.90 bits per heavy atom. The Bertz CT molecular complexity index is 665. The number of benzene rings is 1. The lowest BCUT2D eigenvalue weighted by Gasteiger charge is -2.22. The van der Waals surface area contributed by atoms with Crippen molar-refractivity contribution >= 4 is 22.6 Å². The Balaban J connectivity index is 2.21. The highest BCUT2D eigenvalue weighted by atomic mass is 16.2. The van der Waals surface area contributed by atoms with Gasteiger partial charge in [0.2, 0.25) is 5.91 Å². The van der Waals surface area contributed by atoms with E-state index in [1.54, 1.807) is 0 Å². The van der Waals surface area contributed by atoms with Crippen LogP contribution >= 0.6 is 0 Å². The molecule has 2 N–H and O–H groups in total. The fourth-order valence-corrected chi connectivity index (χ4v) is 2.19. The minimum Gasteiger partial charge on any atom is -0.361 e. The van der Waals surface area contributed by atoms with E-state index in [1.165, 1.54) is 6.92 Å². The van der Waals surface area contributed by atoms with Crippen molar-refractivity contribution in [3.8, 4) is 0 Å². The first-order valence-electron chi connectivity index (χ1n) is 7.15. The third kappa shape index (κ3) is 3.51. The number of ketones is 1. The fraction of sp³-hybridized carbons (Fsp3) is 0.412. The van der Waals surface area contributed by atoms with Crippen molar-refractivity contribution in [3.63, 3.8) is 0 Å². The summed E-state index contributed by atoms with van der Waals surface area (Å²) in [5, 5.41) is 3.95. The van der Waals surface area contributed by atoms with Gasteiger partial charge in [0.15, 0.2) is 5.78 Å². The van der Waals surface area contributed by atoms with Gasteiger partial charge < -0.3 is 10.3 Å². The normalized spacial score (nSPS) is 13.1. The number of aromatic amines is 1. The van der Waals surface area contributed by atoms with Crippen molar-refractivity contribution < 1.29 is 9.59 Å². The molecule has 21 heavy (non-hydrogen) atoms. The summed E-state index contributed by atoms with van der Waals surface area (Å²) in [6.45, 7) is 7.03. The van der Waals surface area contributed by atoms with Crippen molar-refractivity contribution in [2.75, 3.05) is 0 Å². The molecule has 0 fully saturated rings. The van der Waals surface area contributed by atoms with Crippen LogP contribution in [0.3, 0.4) is 0 Å². The molecule has 1 amide bonds. The molecule has 0 radical (unpaired) electrons. The van der Waals surface area contributed by atoms with Gasteiger partial charge in [-0.05, 0) is 18.6 Å². The van der Waals surface area contributed by atoms with Gasteiger partial charge in [0.25, 0.3) is 0 Å². The molecule has 112 valence electrons. The Hall–Kier alpha value is -2.10. The molecule has 2 aromatic rings. The maximum Gasteiger partial charge on any atom is 0.225 e. The molecule has 0 bridgehead atoms. The Morgan fingerprint density at radius 1 is 1.24 bits per heavy atom. The summed E-state index contributed by atoms with van der Waals surface area (Å²) in [6.07, 6.45) is 2.41. The molecule has 0 saturated heterocycles. The second-order valence-electron chi connectivity index (χ2n) is 6.45. The first-order valence-corrected chi connectivity index (χ1v) is 7.15. The van der Waals surface area contributed by atoms with Gasteiger partial charge in [-0.1, -0.05) is 39.0 Å². The summed E-state index contributed by atoms with van der Waals surface area (Å²) in [5.74, 6) is -0.138. The monoisotopic (exact) mass is 286 g/mol. The number of Topliss-reactive ketones (excluding diaryl/α,β-unsaturated/α-hetero) is 1. The minimum atomic E-state index is -0.506. The van der Waals surface area contributed by atoms with Gasteiger partial charge in [-0.25, -0.2) is 0 Å². The molecule has 1 aromatic heterocycles. The van der Waals surface area contributed by atoms with E-state index in [0.717, 1.165) is 16.5 Å². The predicted octanol–water partition coefficient (Wildman–Crippen LogP) is 2.83. The summed E-state index contributed by atoms with van der Waals surface area (Å²) in [4.78, 5) is 27.1. The number of rotatable bonds is 4. The van der Waals surface area contributed by atoms with Crippen LogP contribution in [0.25, 0.3) is 10.9 Å². The van der Waals surface area contributed by atoms with E-state index in [9.17, 15) is 9.59 Å². The molecule has 0 saturated carbocycles. The van der Waals surface area contributed by atoms with E-state index < -0.39 is 11.5 Å². The van der Waals surface area contributed by atoms with Gasteiger partial charge in [-0.15, -0.1) is 0 Å². The third-order valence-corrected chi connectivity index (χ3v) is 3.58. The van der Waals surface area contributed by atoms with Crippen molar-refractivity contribution in [3.05, 3.63) is 36.0 Å². The zero-order valence-corrected chi connectivity index (χ0v) is 13.0. The van der Waals surface area contributed by atoms with E-state index in [2.05, 4.69) is 10.3 Å². The first-order chi connectivity index (χ1) is 9.79. The molecule has 4 nitrogen and oxygen atoms in total. The number of aromatic nitrogens is 1. The molecule has 0 aliphatic heterocycles. The van der Waals surface area contributed by atoms with Crippen LogP contribution in [0, 0.1) is 5.41 Å². The summed E-state index contributed by atoms with van der Waals surface area (Å²) < 4.78 is 0. The van der Waals surface area contributed by atoms with Crippen molar-refractivity contribution in [1.82, 2.24) is 10.3 Å². The van der Waals surface area contributed by atoms with Gasteiger partial charge >= 0.3 is 0 Å². The molecular formula is C17H22N2O2. The molecule has 2 rings (SSSR count). The Kier molecular flexibility index (Phi) is 4.16.